The third-order valence-corrected chi connectivity index (χ3v) is 4.32. The van der Waals surface area contributed by atoms with Gasteiger partial charge in [-0.2, -0.15) is 0 Å². The van der Waals surface area contributed by atoms with Crippen LogP contribution in [0.15, 0.2) is 24.3 Å². The summed E-state index contributed by atoms with van der Waals surface area (Å²) in [5.74, 6) is 0. The van der Waals surface area contributed by atoms with Gasteiger partial charge in [0.15, 0.2) is 0 Å². The lowest BCUT2D eigenvalue weighted by Gasteiger charge is -2.36. The molecular formula is C16H22N4O2. The minimum atomic E-state index is -0.0897. The number of urea groups is 2. The number of rotatable bonds is 2. The van der Waals surface area contributed by atoms with E-state index in [1.54, 1.807) is 4.90 Å². The van der Waals surface area contributed by atoms with Gasteiger partial charge in [0.2, 0.25) is 0 Å². The second-order valence-electron chi connectivity index (χ2n) is 5.96. The highest BCUT2D eigenvalue weighted by Crippen LogP contribution is 2.19. The average Bonchev–Trinajstić information content (AvgIpc) is 2.96. The molecule has 6 nitrogen and oxygen atoms in total. The molecule has 0 bridgehead atoms. The fourth-order valence-corrected chi connectivity index (χ4v) is 3.07. The number of nitrogens with one attached hydrogen (secondary N) is 2. The van der Waals surface area contributed by atoms with E-state index in [9.17, 15) is 9.59 Å². The van der Waals surface area contributed by atoms with Crippen LogP contribution in [-0.2, 0) is 0 Å². The van der Waals surface area contributed by atoms with Crippen molar-refractivity contribution in [3.8, 4) is 0 Å². The van der Waals surface area contributed by atoms with Crippen molar-refractivity contribution in [2.24, 2.45) is 0 Å². The molecule has 0 aliphatic carbocycles. The van der Waals surface area contributed by atoms with Crippen LogP contribution < -0.4 is 10.6 Å². The van der Waals surface area contributed by atoms with E-state index in [-0.39, 0.29) is 18.1 Å². The summed E-state index contributed by atoms with van der Waals surface area (Å²) in [6, 6.07) is 7.79. The lowest BCUT2D eigenvalue weighted by Crippen LogP contribution is -2.51. The molecule has 0 radical (unpaired) electrons. The van der Waals surface area contributed by atoms with Crippen LogP contribution in [-0.4, -0.2) is 54.1 Å². The molecule has 1 aromatic rings. The Labute approximate surface area is 130 Å². The number of carbonyl (C=O) groups excluding carboxylic acids is 2. The van der Waals surface area contributed by atoms with Crippen LogP contribution in [0.1, 0.15) is 18.4 Å². The highest BCUT2D eigenvalue weighted by Gasteiger charge is 2.32. The fourth-order valence-electron chi connectivity index (χ4n) is 3.07. The molecule has 2 saturated heterocycles. The average molecular weight is 302 g/mol. The van der Waals surface area contributed by atoms with Gasteiger partial charge in [-0.05, 0) is 31.9 Å². The molecule has 2 aliphatic heterocycles. The van der Waals surface area contributed by atoms with Crippen LogP contribution in [0.2, 0.25) is 0 Å². The smallest absolute Gasteiger partial charge is 0.321 e. The highest BCUT2D eigenvalue weighted by atomic mass is 16.2. The van der Waals surface area contributed by atoms with Crippen LogP contribution in [0, 0.1) is 6.92 Å². The molecule has 2 aliphatic rings. The first-order chi connectivity index (χ1) is 10.6. The lowest BCUT2D eigenvalue weighted by atomic mass is 10.0. The van der Waals surface area contributed by atoms with Gasteiger partial charge in [-0.1, -0.05) is 17.7 Å². The number of piperidine rings is 1. The van der Waals surface area contributed by atoms with E-state index in [0.29, 0.717) is 13.1 Å². The molecule has 0 aromatic heterocycles. The molecule has 3 rings (SSSR count). The Bertz CT molecular complexity index is 558. The molecule has 6 heteroatoms. The summed E-state index contributed by atoms with van der Waals surface area (Å²) in [5, 5.41) is 5.75. The van der Waals surface area contributed by atoms with Gasteiger partial charge in [0.1, 0.15) is 0 Å². The molecule has 1 aromatic carbocycles. The summed E-state index contributed by atoms with van der Waals surface area (Å²) in [6.07, 6.45) is 1.89. The predicted molar refractivity (Wildman–Crippen MR) is 84.9 cm³/mol. The van der Waals surface area contributed by atoms with Crippen molar-refractivity contribution in [3.05, 3.63) is 29.8 Å². The zero-order valence-electron chi connectivity index (χ0n) is 12.8. The van der Waals surface area contributed by atoms with Crippen molar-refractivity contribution in [1.29, 1.82) is 0 Å². The fraction of sp³-hybridized carbons (Fsp3) is 0.500. The van der Waals surface area contributed by atoms with Gasteiger partial charge in [-0.25, -0.2) is 9.59 Å². The van der Waals surface area contributed by atoms with Crippen molar-refractivity contribution in [3.63, 3.8) is 0 Å². The third-order valence-electron chi connectivity index (χ3n) is 4.32. The summed E-state index contributed by atoms with van der Waals surface area (Å²) in [6.45, 7) is 4.79. The maximum Gasteiger partial charge on any atom is 0.321 e. The normalized spacial score (nSPS) is 21.7. The molecular weight excluding hydrogens is 280 g/mol. The number of nitrogens with zero attached hydrogens (tertiary/aromatic N) is 2. The SMILES string of the molecule is Cc1ccc(NC(=O)N2CCC[C@H](N3CCNC3=O)C2)cc1. The van der Waals surface area contributed by atoms with Gasteiger partial charge < -0.3 is 20.4 Å². The first kappa shape index (κ1) is 14.7. The topological polar surface area (TPSA) is 64.7 Å². The zero-order valence-corrected chi connectivity index (χ0v) is 12.8. The molecule has 2 heterocycles. The van der Waals surface area contributed by atoms with Crippen LogP contribution in [0.5, 0.6) is 0 Å². The quantitative estimate of drug-likeness (QED) is 0.878. The molecule has 0 saturated carbocycles. The Balaban J connectivity index is 1.60. The minimum Gasteiger partial charge on any atom is -0.336 e. The van der Waals surface area contributed by atoms with E-state index in [0.717, 1.165) is 37.2 Å². The molecule has 4 amide bonds. The van der Waals surface area contributed by atoms with E-state index < -0.39 is 0 Å². The predicted octanol–water partition coefficient (Wildman–Crippen LogP) is 2.02. The summed E-state index contributed by atoms with van der Waals surface area (Å²) < 4.78 is 0. The van der Waals surface area contributed by atoms with E-state index in [1.165, 1.54) is 0 Å². The summed E-state index contributed by atoms with van der Waals surface area (Å²) in [5.41, 5.74) is 1.97. The Morgan fingerprint density at radius 2 is 2.05 bits per heavy atom. The van der Waals surface area contributed by atoms with Gasteiger partial charge in [0, 0.05) is 31.9 Å². The van der Waals surface area contributed by atoms with Crippen molar-refractivity contribution in [2.45, 2.75) is 25.8 Å². The lowest BCUT2D eigenvalue weighted by molar-refractivity contribution is 0.139. The minimum absolute atomic E-state index is 0.00853. The van der Waals surface area contributed by atoms with Crippen LogP contribution in [0.25, 0.3) is 0 Å². The van der Waals surface area contributed by atoms with Crippen molar-refractivity contribution < 1.29 is 9.59 Å². The monoisotopic (exact) mass is 302 g/mol. The second kappa shape index (κ2) is 6.25. The van der Waals surface area contributed by atoms with Gasteiger partial charge in [-0.15, -0.1) is 0 Å². The van der Waals surface area contributed by atoms with Crippen LogP contribution >= 0.6 is 0 Å². The maximum atomic E-state index is 12.4. The molecule has 22 heavy (non-hydrogen) atoms. The van der Waals surface area contributed by atoms with Gasteiger partial charge in [0.05, 0.1) is 6.04 Å². The second-order valence-corrected chi connectivity index (χ2v) is 5.96. The van der Waals surface area contributed by atoms with Gasteiger partial charge >= 0.3 is 12.1 Å². The standard InChI is InChI=1S/C16H22N4O2/c1-12-4-6-13(7-5-12)18-16(22)19-9-2-3-14(11-19)20-10-8-17-15(20)21/h4-7,14H,2-3,8-11H2,1H3,(H,17,21)(H,18,22)/t14-/m0/s1. The number of hydrogen-bond acceptors (Lipinski definition) is 2. The number of likely N-dealkylation sites (tertiary alicyclic amines) is 1. The first-order valence-corrected chi connectivity index (χ1v) is 7.80. The largest absolute Gasteiger partial charge is 0.336 e. The van der Waals surface area contributed by atoms with Crippen molar-refractivity contribution in [2.75, 3.05) is 31.5 Å². The number of benzene rings is 1. The number of hydrogen-bond donors (Lipinski definition) is 2. The Kier molecular flexibility index (Phi) is 4.18. The van der Waals surface area contributed by atoms with Gasteiger partial charge in [-0.3, -0.25) is 0 Å². The first-order valence-electron chi connectivity index (χ1n) is 7.80. The Hall–Kier alpha value is -2.24. The highest BCUT2D eigenvalue weighted by molar-refractivity contribution is 5.89. The number of carbonyl (C=O) groups is 2. The third kappa shape index (κ3) is 3.16. The van der Waals surface area contributed by atoms with Crippen molar-refractivity contribution in [1.82, 2.24) is 15.1 Å². The van der Waals surface area contributed by atoms with Crippen molar-refractivity contribution >= 4 is 17.7 Å². The van der Waals surface area contributed by atoms with E-state index in [1.807, 2.05) is 36.1 Å². The van der Waals surface area contributed by atoms with E-state index in [4.69, 9.17) is 0 Å². The summed E-state index contributed by atoms with van der Waals surface area (Å²) >= 11 is 0. The number of anilines is 1. The van der Waals surface area contributed by atoms with Crippen LogP contribution in [0.3, 0.4) is 0 Å². The maximum absolute atomic E-state index is 12.4. The molecule has 118 valence electrons. The number of aryl methyl sites for hydroxylation is 1. The molecule has 2 fully saturated rings. The zero-order chi connectivity index (χ0) is 15.5. The number of amides is 4. The molecule has 1 atom stereocenters. The Morgan fingerprint density at radius 1 is 1.27 bits per heavy atom. The molecule has 2 N–H and O–H groups in total. The summed E-state index contributed by atoms with van der Waals surface area (Å²) in [4.78, 5) is 27.8. The van der Waals surface area contributed by atoms with Gasteiger partial charge in [0.25, 0.3) is 0 Å². The van der Waals surface area contributed by atoms with Crippen LogP contribution in [0.4, 0.5) is 15.3 Å². The molecule has 0 unspecified atom stereocenters. The molecule has 0 spiro atoms. The Morgan fingerprint density at radius 3 is 2.73 bits per heavy atom. The van der Waals surface area contributed by atoms with E-state index >= 15 is 0 Å². The van der Waals surface area contributed by atoms with E-state index in [2.05, 4.69) is 10.6 Å². The summed E-state index contributed by atoms with van der Waals surface area (Å²) in [7, 11) is 0.